The number of hydrogen-bond acceptors (Lipinski definition) is 5. The van der Waals surface area contributed by atoms with Crippen molar-refractivity contribution in [2.24, 2.45) is 0 Å². The lowest BCUT2D eigenvalue weighted by atomic mass is 10.1. The third-order valence-electron chi connectivity index (χ3n) is 3.27. The van der Waals surface area contributed by atoms with Crippen LogP contribution in [-0.4, -0.2) is 16.6 Å². The van der Waals surface area contributed by atoms with Crippen molar-refractivity contribution in [3.8, 4) is 10.8 Å². The molecule has 1 N–H and O–H groups in total. The van der Waals surface area contributed by atoms with E-state index in [1.165, 1.54) is 41.3 Å². The number of nitrogens with one attached hydrogen (secondary N) is 1. The van der Waals surface area contributed by atoms with Gasteiger partial charge in [-0.3, -0.25) is 4.79 Å². The van der Waals surface area contributed by atoms with Crippen molar-refractivity contribution in [2.75, 3.05) is 11.1 Å². The summed E-state index contributed by atoms with van der Waals surface area (Å²) in [5, 5.41) is 4.93. The molecular formula is C17H13F3N2O2S2. The van der Waals surface area contributed by atoms with E-state index >= 15 is 0 Å². The summed E-state index contributed by atoms with van der Waals surface area (Å²) in [5.41, 5.74) is -0.310. The van der Waals surface area contributed by atoms with Crippen molar-refractivity contribution < 1.29 is 22.4 Å². The number of amides is 1. The van der Waals surface area contributed by atoms with Crippen LogP contribution in [0, 0.1) is 0 Å². The van der Waals surface area contributed by atoms with Crippen LogP contribution >= 0.6 is 23.1 Å². The molecule has 0 radical (unpaired) electrons. The van der Waals surface area contributed by atoms with E-state index in [-0.39, 0.29) is 11.4 Å². The molecule has 0 saturated heterocycles. The molecule has 0 aliphatic rings. The Morgan fingerprint density at radius 2 is 2.04 bits per heavy atom. The van der Waals surface area contributed by atoms with E-state index in [2.05, 4.69) is 10.3 Å². The summed E-state index contributed by atoms with van der Waals surface area (Å²) in [6, 6.07) is 8.49. The molecule has 0 aliphatic heterocycles. The Kier molecular flexibility index (Phi) is 5.67. The molecular weight excluding hydrogens is 385 g/mol. The van der Waals surface area contributed by atoms with Crippen LogP contribution in [0.5, 0.6) is 0 Å². The second-order valence-electron chi connectivity index (χ2n) is 5.21. The molecule has 4 nitrogen and oxygen atoms in total. The zero-order chi connectivity index (χ0) is 18.6. The van der Waals surface area contributed by atoms with Crippen molar-refractivity contribution in [1.29, 1.82) is 0 Å². The first-order chi connectivity index (χ1) is 12.4. The van der Waals surface area contributed by atoms with Gasteiger partial charge in [-0.05, 0) is 24.3 Å². The second kappa shape index (κ2) is 7.96. The van der Waals surface area contributed by atoms with Gasteiger partial charge in [-0.1, -0.05) is 12.1 Å². The Hall–Kier alpha value is -2.26. The largest absolute Gasteiger partial charge is 0.462 e. The molecule has 0 bridgehead atoms. The normalized spacial score (nSPS) is 11.5. The van der Waals surface area contributed by atoms with Crippen LogP contribution in [0.15, 0.2) is 52.5 Å². The number of anilines is 1. The maximum absolute atomic E-state index is 12.9. The van der Waals surface area contributed by atoms with Gasteiger partial charge >= 0.3 is 6.18 Å². The van der Waals surface area contributed by atoms with Crippen LogP contribution in [0.4, 0.5) is 18.9 Å². The van der Waals surface area contributed by atoms with Crippen LogP contribution in [0.2, 0.25) is 0 Å². The van der Waals surface area contributed by atoms with Gasteiger partial charge in [0.2, 0.25) is 5.91 Å². The molecule has 1 aromatic carbocycles. The first-order valence-corrected chi connectivity index (χ1v) is 9.49. The highest BCUT2D eigenvalue weighted by atomic mass is 32.2. The molecule has 0 spiro atoms. The Morgan fingerprint density at radius 3 is 2.77 bits per heavy atom. The summed E-state index contributed by atoms with van der Waals surface area (Å²) in [6.07, 6.45) is -2.95. The number of aromatic nitrogens is 1. The summed E-state index contributed by atoms with van der Waals surface area (Å²) >= 11 is 2.71. The summed E-state index contributed by atoms with van der Waals surface area (Å²) in [4.78, 5) is 16.3. The first kappa shape index (κ1) is 18.5. The smallest absolute Gasteiger partial charge is 0.418 e. The van der Waals surface area contributed by atoms with Gasteiger partial charge in [-0.15, -0.1) is 23.1 Å². The Bertz CT molecular complexity index is 876. The van der Waals surface area contributed by atoms with E-state index in [4.69, 9.17) is 4.42 Å². The number of hydrogen-bond donors (Lipinski definition) is 1. The van der Waals surface area contributed by atoms with Crippen LogP contribution in [0.1, 0.15) is 11.3 Å². The molecule has 0 fully saturated rings. The lowest BCUT2D eigenvalue weighted by Gasteiger charge is -2.13. The van der Waals surface area contributed by atoms with Crippen molar-refractivity contribution >= 4 is 34.7 Å². The number of furan rings is 1. The average molecular weight is 398 g/mol. The maximum Gasteiger partial charge on any atom is 0.418 e. The molecule has 2 heterocycles. The van der Waals surface area contributed by atoms with Gasteiger partial charge in [-0.25, -0.2) is 4.98 Å². The summed E-state index contributed by atoms with van der Waals surface area (Å²) < 4.78 is 44.0. The fraction of sp³-hybridized carbons (Fsp3) is 0.176. The fourth-order valence-corrected chi connectivity index (χ4v) is 3.77. The van der Waals surface area contributed by atoms with E-state index in [1.54, 1.807) is 18.4 Å². The van der Waals surface area contributed by atoms with E-state index < -0.39 is 17.6 Å². The predicted octanol–water partition coefficient (Wildman–Crippen LogP) is 5.29. The fourth-order valence-electron chi connectivity index (χ4n) is 2.16. The van der Waals surface area contributed by atoms with Crippen LogP contribution < -0.4 is 5.32 Å². The number of carbonyl (C=O) groups excluding carboxylic acids is 1. The Morgan fingerprint density at radius 1 is 1.23 bits per heavy atom. The van der Waals surface area contributed by atoms with Gasteiger partial charge in [0.25, 0.3) is 0 Å². The van der Waals surface area contributed by atoms with Crippen LogP contribution in [0.3, 0.4) is 0 Å². The highest BCUT2D eigenvalue weighted by Gasteiger charge is 2.33. The second-order valence-corrected chi connectivity index (χ2v) is 7.05. The molecule has 0 atom stereocenters. The number of benzene rings is 1. The van der Waals surface area contributed by atoms with Crippen LogP contribution in [0.25, 0.3) is 10.8 Å². The summed E-state index contributed by atoms with van der Waals surface area (Å²) in [5.74, 6) is 0.687. The number of halogens is 3. The van der Waals surface area contributed by atoms with Crippen molar-refractivity contribution in [3.05, 3.63) is 59.3 Å². The zero-order valence-corrected chi connectivity index (χ0v) is 14.9. The summed E-state index contributed by atoms with van der Waals surface area (Å²) in [6.45, 7) is 0. The highest BCUT2D eigenvalue weighted by Crippen LogP contribution is 2.34. The van der Waals surface area contributed by atoms with E-state index in [9.17, 15) is 18.0 Å². The molecule has 3 aromatic rings. The molecule has 136 valence electrons. The lowest BCUT2D eigenvalue weighted by molar-refractivity contribution is -0.137. The van der Waals surface area contributed by atoms with Crippen molar-refractivity contribution in [1.82, 2.24) is 4.98 Å². The average Bonchev–Trinajstić information content (AvgIpc) is 3.25. The highest BCUT2D eigenvalue weighted by molar-refractivity contribution is 7.99. The summed E-state index contributed by atoms with van der Waals surface area (Å²) in [7, 11) is 0. The molecule has 0 saturated carbocycles. The minimum absolute atomic E-state index is 0.0276. The molecule has 3 rings (SSSR count). The van der Waals surface area contributed by atoms with Gasteiger partial charge < -0.3 is 9.73 Å². The Labute approximate surface area is 155 Å². The topological polar surface area (TPSA) is 55.1 Å². The third kappa shape index (κ3) is 4.67. The van der Waals surface area contributed by atoms with E-state index in [0.29, 0.717) is 11.5 Å². The van der Waals surface area contributed by atoms with Gasteiger partial charge in [0.1, 0.15) is 0 Å². The number of carbonyl (C=O) groups is 1. The zero-order valence-electron chi connectivity index (χ0n) is 13.2. The lowest BCUT2D eigenvalue weighted by Crippen LogP contribution is -2.18. The minimum atomic E-state index is -4.51. The molecule has 0 unspecified atom stereocenters. The van der Waals surface area contributed by atoms with Gasteiger partial charge in [0, 0.05) is 11.1 Å². The standard InChI is InChI=1S/C17H13F3N2O2S2/c18-17(19,20)12-4-1-2-5-13(12)22-15(23)10-25-8-11-9-26-16(21-11)14-6-3-7-24-14/h1-7,9H,8,10H2,(H,22,23). The first-order valence-electron chi connectivity index (χ1n) is 7.45. The number of thioether (sulfide) groups is 1. The van der Waals surface area contributed by atoms with Crippen molar-refractivity contribution in [3.63, 3.8) is 0 Å². The Balaban J connectivity index is 1.53. The molecule has 0 aliphatic carbocycles. The van der Waals surface area contributed by atoms with Gasteiger partial charge in [0.05, 0.1) is 29.0 Å². The number of nitrogens with zero attached hydrogens (tertiary/aromatic N) is 1. The molecule has 1 amide bonds. The van der Waals surface area contributed by atoms with E-state index in [0.717, 1.165) is 16.8 Å². The van der Waals surface area contributed by atoms with Gasteiger partial charge in [0.15, 0.2) is 10.8 Å². The number of para-hydroxylation sites is 1. The molecule has 26 heavy (non-hydrogen) atoms. The number of thiazole rings is 1. The van der Waals surface area contributed by atoms with E-state index in [1.807, 2.05) is 5.38 Å². The minimum Gasteiger partial charge on any atom is -0.462 e. The maximum atomic E-state index is 12.9. The number of alkyl halides is 3. The van der Waals surface area contributed by atoms with Gasteiger partial charge in [-0.2, -0.15) is 13.2 Å². The van der Waals surface area contributed by atoms with Crippen molar-refractivity contribution in [2.45, 2.75) is 11.9 Å². The SMILES string of the molecule is O=C(CSCc1csc(-c2ccco2)n1)Nc1ccccc1C(F)(F)F. The van der Waals surface area contributed by atoms with Crippen LogP contribution in [-0.2, 0) is 16.7 Å². The predicted molar refractivity (Wildman–Crippen MR) is 96.1 cm³/mol. The number of rotatable bonds is 6. The molecule has 9 heteroatoms. The third-order valence-corrected chi connectivity index (χ3v) is 5.15. The monoisotopic (exact) mass is 398 g/mol. The molecule has 2 aromatic heterocycles. The quantitative estimate of drug-likeness (QED) is 0.613.